The Hall–Kier alpha value is -2.53. The van der Waals surface area contributed by atoms with E-state index in [4.69, 9.17) is 14.2 Å². The molecule has 0 atom stereocenters. The quantitative estimate of drug-likeness (QED) is 0.489. The number of hydrogen-bond acceptors (Lipinski definition) is 4. The lowest BCUT2D eigenvalue weighted by molar-refractivity contribution is 0.101. The molecule has 1 aliphatic heterocycles. The van der Waals surface area contributed by atoms with E-state index in [2.05, 4.69) is 22.5 Å². The molecule has 26 heavy (non-hydrogen) atoms. The maximum atomic E-state index is 12.7. The van der Waals surface area contributed by atoms with Gasteiger partial charge in [0.1, 0.15) is 23.9 Å². The number of methoxy groups -OCH3 is 1. The number of rotatable bonds is 5. The number of ether oxygens (including phenoxy) is 3. The molecule has 1 heterocycles. The third-order valence-electron chi connectivity index (χ3n) is 3.99. The first-order chi connectivity index (χ1) is 12.4. The zero-order valence-corrected chi connectivity index (χ0v) is 16.5. The summed E-state index contributed by atoms with van der Waals surface area (Å²) in [5.74, 6) is 1.98. The highest BCUT2D eigenvalue weighted by molar-refractivity contribution is 9.10. The van der Waals surface area contributed by atoms with Crippen LogP contribution in [-0.2, 0) is 0 Å². The smallest absolute Gasteiger partial charge is 0.231 e. The molecular formula is C21H19BrO4. The van der Waals surface area contributed by atoms with Gasteiger partial charge < -0.3 is 14.2 Å². The summed E-state index contributed by atoms with van der Waals surface area (Å²) >= 11 is 3.43. The average Bonchev–Trinajstić information content (AvgIpc) is 2.91. The highest BCUT2D eigenvalue weighted by Crippen LogP contribution is 2.40. The van der Waals surface area contributed by atoms with Crippen molar-refractivity contribution in [3.05, 3.63) is 69.4 Å². The van der Waals surface area contributed by atoms with E-state index in [1.165, 1.54) is 0 Å². The van der Waals surface area contributed by atoms with Crippen LogP contribution in [-0.4, -0.2) is 19.5 Å². The van der Waals surface area contributed by atoms with Gasteiger partial charge in [-0.3, -0.25) is 4.79 Å². The van der Waals surface area contributed by atoms with E-state index in [0.29, 0.717) is 29.4 Å². The Morgan fingerprint density at radius 1 is 1.27 bits per heavy atom. The van der Waals surface area contributed by atoms with Gasteiger partial charge in [0.15, 0.2) is 5.76 Å². The van der Waals surface area contributed by atoms with Crippen LogP contribution in [0.5, 0.6) is 17.2 Å². The normalized spacial score (nSPS) is 14.2. The molecule has 134 valence electrons. The van der Waals surface area contributed by atoms with E-state index < -0.39 is 0 Å². The van der Waals surface area contributed by atoms with E-state index in [1.807, 2.05) is 32.0 Å². The topological polar surface area (TPSA) is 44.8 Å². The molecule has 2 aromatic carbocycles. The molecular weight excluding hydrogens is 396 g/mol. The summed E-state index contributed by atoms with van der Waals surface area (Å²) in [4.78, 5) is 12.7. The standard InChI is InChI=1S/C21H19BrO4/c1-12(2)11-25-17-8-6-16-20(23)19(26-21(16)13(17)3)10-14-9-15(22)5-7-18(14)24-4/h5-10H,1,11H2,2-4H3/b19-10-. The lowest BCUT2D eigenvalue weighted by Gasteiger charge is -2.11. The molecule has 5 heteroatoms. The summed E-state index contributed by atoms with van der Waals surface area (Å²) < 4.78 is 17.9. The molecule has 3 rings (SSSR count). The van der Waals surface area contributed by atoms with Gasteiger partial charge in [-0.15, -0.1) is 0 Å². The van der Waals surface area contributed by atoms with E-state index in [-0.39, 0.29) is 11.5 Å². The van der Waals surface area contributed by atoms with Crippen molar-refractivity contribution < 1.29 is 19.0 Å². The van der Waals surface area contributed by atoms with Crippen LogP contribution in [0.25, 0.3) is 6.08 Å². The fourth-order valence-electron chi connectivity index (χ4n) is 2.68. The lowest BCUT2D eigenvalue weighted by Crippen LogP contribution is -2.00. The van der Waals surface area contributed by atoms with Crippen LogP contribution < -0.4 is 14.2 Å². The van der Waals surface area contributed by atoms with Crippen molar-refractivity contribution in [2.75, 3.05) is 13.7 Å². The van der Waals surface area contributed by atoms with Gasteiger partial charge in [-0.05, 0) is 55.8 Å². The van der Waals surface area contributed by atoms with Gasteiger partial charge in [-0.1, -0.05) is 22.5 Å². The summed E-state index contributed by atoms with van der Waals surface area (Å²) in [6.45, 7) is 8.03. The molecule has 2 aromatic rings. The van der Waals surface area contributed by atoms with Crippen molar-refractivity contribution in [2.24, 2.45) is 0 Å². The SMILES string of the molecule is C=C(C)COc1ccc2c(c1C)O/C(=C\c1cc(Br)ccc1OC)C2=O. The molecule has 0 radical (unpaired) electrons. The van der Waals surface area contributed by atoms with Gasteiger partial charge in [-0.25, -0.2) is 0 Å². The van der Waals surface area contributed by atoms with Crippen LogP contribution in [0.1, 0.15) is 28.4 Å². The summed E-state index contributed by atoms with van der Waals surface area (Å²) in [7, 11) is 1.59. The maximum absolute atomic E-state index is 12.7. The molecule has 0 unspecified atom stereocenters. The molecule has 4 nitrogen and oxygen atoms in total. The van der Waals surface area contributed by atoms with E-state index in [9.17, 15) is 4.79 Å². The largest absolute Gasteiger partial charge is 0.496 e. The number of halogens is 1. The highest BCUT2D eigenvalue weighted by atomic mass is 79.9. The Labute approximate surface area is 161 Å². The van der Waals surface area contributed by atoms with Gasteiger partial charge in [0.05, 0.1) is 12.7 Å². The second-order valence-electron chi connectivity index (χ2n) is 6.14. The minimum Gasteiger partial charge on any atom is -0.496 e. The number of allylic oxidation sites excluding steroid dienone is 1. The van der Waals surface area contributed by atoms with Crippen LogP contribution >= 0.6 is 15.9 Å². The van der Waals surface area contributed by atoms with Gasteiger partial charge >= 0.3 is 0 Å². The minimum atomic E-state index is -0.156. The van der Waals surface area contributed by atoms with Gasteiger partial charge in [0.25, 0.3) is 0 Å². The molecule has 0 saturated heterocycles. The number of carbonyl (C=O) groups excluding carboxylic acids is 1. The predicted molar refractivity (Wildman–Crippen MR) is 105 cm³/mol. The number of fused-ring (bicyclic) bond motifs is 1. The Balaban J connectivity index is 1.96. The summed E-state index contributed by atoms with van der Waals surface area (Å²) in [6.07, 6.45) is 1.69. The number of carbonyl (C=O) groups is 1. The third-order valence-corrected chi connectivity index (χ3v) is 4.48. The molecule has 0 saturated carbocycles. The first-order valence-electron chi connectivity index (χ1n) is 8.09. The monoisotopic (exact) mass is 414 g/mol. The first-order valence-corrected chi connectivity index (χ1v) is 8.88. The maximum Gasteiger partial charge on any atom is 0.231 e. The Morgan fingerprint density at radius 3 is 2.69 bits per heavy atom. The van der Waals surface area contributed by atoms with Gasteiger partial charge in [-0.2, -0.15) is 0 Å². The second-order valence-corrected chi connectivity index (χ2v) is 7.05. The van der Waals surface area contributed by atoms with Crippen molar-refractivity contribution in [1.29, 1.82) is 0 Å². The minimum absolute atomic E-state index is 0.156. The highest BCUT2D eigenvalue weighted by Gasteiger charge is 2.30. The van der Waals surface area contributed by atoms with E-state index in [1.54, 1.807) is 25.3 Å². The van der Waals surface area contributed by atoms with Crippen molar-refractivity contribution in [2.45, 2.75) is 13.8 Å². The molecule has 0 aliphatic carbocycles. The summed E-state index contributed by atoms with van der Waals surface area (Å²) in [5.41, 5.74) is 3.01. The predicted octanol–water partition coefficient (Wildman–Crippen LogP) is 5.34. The molecule has 0 spiro atoms. The molecule has 0 aromatic heterocycles. The zero-order valence-electron chi connectivity index (χ0n) is 14.9. The summed E-state index contributed by atoms with van der Waals surface area (Å²) in [5, 5.41) is 0. The van der Waals surface area contributed by atoms with Crippen molar-refractivity contribution in [3.63, 3.8) is 0 Å². The fraction of sp³-hybridized carbons (Fsp3) is 0.190. The van der Waals surface area contributed by atoms with Crippen LogP contribution in [0.2, 0.25) is 0 Å². The Morgan fingerprint density at radius 2 is 2.00 bits per heavy atom. The van der Waals surface area contributed by atoms with Crippen LogP contribution in [0.4, 0.5) is 0 Å². The fourth-order valence-corrected chi connectivity index (χ4v) is 3.06. The average molecular weight is 415 g/mol. The van der Waals surface area contributed by atoms with E-state index >= 15 is 0 Å². The van der Waals surface area contributed by atoms with Crippen LogP contribution in [0.3, 0.4) is 0 Å². The van der Waals surface area contributed by atoms with Crippen LogP contribution in [0.15, 0.2) is 52.7 Å². The Kier molecular flexibility index (Phi) is 5.18. The molecule has 0 amide bonds. The lowest BCUT2D eigenvalue weighted by atomic mass is 10.1. The number of ketones is 1. The molecule has 0 fully saturated rings. The molecule has 0 N–H and O–H groups in total. The van der Waals surface area contributed by atoms with Crippen LogP contribution in [0, 0.1) is 6.92 Å². The van der Waals surface area contributed by atoms with Crippen molar-refractivity contribution in [3.8, 4) is 17.2 Å². The third kappa shape index (κ3) is 3.53. The number of hydrogen-bond donors (Lipinski definition) is 0. The Bertz CT molecular complexity index is 928. The molecule has 0 bridgehead atoms. The molecule has 1 aliphatic rings. The number of benzene rings is 2. The van der Waals surface area contributed by atoms with Gasteiger partial charge in [0.2, 0.25) is 5.78 Å². The van der Waals surface area contributed by atoms with Gasteiger partial charge in [0, 0.05) is 15.6 Å². The van der Waals surface area contributed by atoms with E-state index in [0.717, 1.165) is 21.2 Å². The summed E-state index contributed by atoms with van der Waals surface area (Å²) in [6, 6.07) is 9.11. The number of Topliss-reactive ketones (excluding diaryl/α,β-unsaturated/α-hetero) is 1. The zero-order chi connectivity index (χ0) is 18.8. The second kappa shape index (κ2) is 7.38. The van der Waals surface area contributed by atoms with Crippen molar-refractivity contribution >= 4 is 27.8 Å². The van der Waals surface area contributed by atoms with Crippen molar-refractivity contribution in [1.82, 2.24) is 0 Å². The first kappa shape index (κ1) is 18.3.